The summed E-state index contributed by atoms with van der Waals surface area (Å²) in [6.45, 7) is 2.94. The number of imide groups is 1. The van der Waals surface area contributed by atoms with Gasteiger partial charge in [-0.3, -0.25) is 9.69 Å². The van der Waals surface area contributed by atoms with Crippen molar-refractivity contribution in [3.05, 3.63) is 0 Å². The molecule has 4 amide bonds. The van der Waals surface area contributed by atoms with Crippen LogP contribution in [0.3, 0.4) is 0 Å². The van der Waals surface area contributed by atoms with Crippen molar-refractivity contribution in [3.8, 4) is 0 Å². The van der Waals surface area contributed by atoms with E-state index in [2.05, 4.69) is 0 Å². The second-order valence-corrected chi connectivity index (χ2v) is 4.92. The third-order valence-electron chi connectivity index (χ3n) is 4.04. The molecule has 2 aliphatic heterocycles. The maximum absolute atomic E-state index is 12.2. The van der Waals surface area contributed by atoms with Gasteiger partial charge >= 0.3 is 12.1 Å². The SMILES string of the molecule is CCOC(=O)N1CCC2(CC1)C(=O)N(C)C(=O)N2C. The van der Waals surface area contributed by atoms with E-state index in [0.717, 1.165) is 4.90 Å². The summed E-state index contributed by atoms with van der Waals surface area (Å²) in [5.74, 6) is -0.177. The Morgan fingerprint density at radius 3 is 2.26 bits per heavy atom. The fourth-order valence-electron chi connectivity index (χ4n) is 2.77. The van der Waals surface area contributed by atoms with Gasteiger partial charge in [0.2, 0.25) is 0 Å². The summed E-state index contributed by atoms with van der Waals surface area (Å²) < 4.78 is 4.94. The molecule has 0 aromatic carbocycles. The van der Waals surface area contributed by atoms with Crippen LogP contribution >= 0.6 is 0 Å². The van der Waals surface area contributed by atoms with Gasteiger partial charge in [0, 0.05) is 27.2 Å². The van der Waals surface area contributed by atoms with Crippen molar-refractivity contribution in [1.29, 1.82) is 0 Å². The van der Waals surface area contributed by atoms with Crippen LogP contribution in [0.15, 0.2) is 0 Å². The van der Waals surface area contributed by atoms with Crippen LogP contribution < -0.4 is 0 Å². The molecule has 0 unspecified atom stereocenters. The first-order valence-corrected chi connectivity index (χ1v) is 6.41. The van der Waals surface area contributed by atoms with E-state index >= 15 is 0 Å². The van der Waals surface area contributed by atoms with E-state index in [1.807, 2.05) is 0 Å². The fourth-order valence-corrected chi connectivity index (χ4v) is 2.77. The van der Waals surface area contributed by atoms with E-state index in [1.54, 1.807) is 18.9 Å². The summed E-state index contributed by atoms with van der Waals surface area (Å²) in [6.07, 6.45) is 0.555. The van der Waals surface area contributed by atoms with Gasteiger partial charge in [0.25, 0.3) is 5.91 Å². The summed E-state index contributed by atoms with van der Waals surface area (Å²) in [6, 6.07) is -0.283. The standard InChI is InChI=1S/C12H19N3O4/c1-4-19-11(18)15-7-5-12(6-8-15)9(16)13(2)10(17)14(12)3/h4-8H2,1-3H3. The van der Waals surface area contributed by atoms with Crippen molar-refractivity contribution >= 4 is 18.0 Å². The number of amides is 4. The Labute approximate surface area is 112 Å². The molecular weight excluding hydrogens is 250 g/mol. The number of carbonyl (C=O) groups is 3. The van der Waals surface area contributed by atoms with Crippen molar-refractivity contribution in [2.75, 3.05) is 33.8 Å². The first-order chi connectivity index (χ1) is 8.94. The second kappa shape index (κ2) is 4.71. The summed E-state index contributed by atoms with van der Waals surface area (Å²) in [5.41, 5.74) is -0.783. The Morgan fingerprint density at radius 2 is 1.84 bits per heavy atom. The number of carbonyl (C=O) groups excluding carboxylic acids is 3. The number of hydrogen-bond donors (Lipinski definition) is 0. The zero-order valence-electron chi connectivity index (χ0n) is 11.5. The van der Waals surface area contributed by atoms with Crippen molar-refractivity contribution in [2.24, 2.45) is 0 Å². The Morgan fingerprint density at radius 1 is 1.26 bits per heavy atom. The zero-order valence-corrected chi connectivity index (χ0v) is 11.5. The van der Waals surface area contributed by atoms with E-state index in [9.17, 15) is 14.4 Å². The molecule has 2 rings (SSSR count). The minimum absolute atomic E-state index is 0.177. The van der Waals surface area contributed by atoms with Crippen LogP contribution in [0.5, 0.6) is 0 Å². The highest BCUT2D eigenvalue weighted by molar-refractivity contribution is 6.06. The van der Waals surface area contributed by atoms with Crippen molar-refractivity contribution in [3.63, 3.8) is 0 Å². The third-order valence-corrected chi connectivity index (χ3v) is 4.04. The number of hydrogen-bond acceptors (Lipinski definition) is 4. The molecule has 7 nitrogen and oxygen atoms in total. The minimum atomic E-state index is -0.783. The molecule has 0 N–H and O–H groups in total. The highest BCUT2D eigenvalue weighted by atomic mass is 16.6. The molecule has 2 aliphatic rings. The number of rotatable bonds is 1. The molecule has 0 aromatic rings. The van der Waals surface area contributed by atoms with Crippen molar-refractivity contribution in [1.82, 2.24) is 14.7 Å². The van der Waals surface area contributed by atoms with Gasteiger partial charge in [-0.25, -0.2) is 9.59 Å². The van der Waals surface area contributed by atoms with Crippen LogP contribution in [0, 0.1) is 0 Å². The monoisotopic (exact) mass is 269 g/mol. The van der Waals surface area contributed by atoms with Crippen LogP contribution in [0.1, 0.15) is 19.8 Å². The molecular formula is C12H19N3O4. The maximum Gasteiger partial charge on any atom is 0.409 e. The minimum Gasteiger partial charge on any atom is -0.450 e. The molecule has 2 heterocycles. The van der Waals surface area contributed by atoms with Crippen LogP contribution in [-0.2, 0) is 9.53 Å². The van der Waals surface area contributed by atoms with Gasteiger partial charge in [0.15, 0.2) is 0 Å². The quantitative estimate of drug-likeness (QED) is 0.650. The van der Waals surface area contributed by atoms with Gasteiger partial charge < -0.3 is 14.5 Å². The summed E-state index contributed by atoms with van der Waals surface area (Å²) >= 11 is 0. The molecule has 19 heavy (non-hydrogen) atoms. The molecule has 0 aliphatic carbocycles. The lowest BCUT2D eigenvalue weighted by Gasteiger charge is -2.40. The first-order valence-electron chi connectivity index (χ1n) is 6.41. The smallest absolute Gasteiger partial charge is 0.409 e. The van der Waals surface area contributed by atoms with Crippen LogP contribution in [0.4, 0.5) is 9.59 Å². The number of ether oxygens (including phenoxy) is 1. The number of likely N-dealkylation sites (N-methyl/N-ethyl adjacent to an activating group) is 2. The lowest BCUT2D eigenvalue weighted by molar-refractivity contribution is -0.134. The highest BCUT2D eigenvalue weighted by Gasteiger charge is 2.55. The van der Waals surface area contributed by atoms with Crippen LogP contribution in [-0.4, -0.2) is 72.1 Å². The summed E-state index contributed by atoms with van der Waals surface area (Å²) in [7, 11) is 3.14. The molecule has 7 heteroatoms. The second-order valence-electron chi connectivity index (χ2n) is 4.92. The zero-order chi connectivity index (χ0) is 14.2. The van der Waals surface area contributed by atoms with Gasteiger partial charge in [-0.05, 0) is 19.8 Å². The molecule has 0 aromatic heterocycles. The predicted octanol–water partition coefficient (Wildman–Crippen LogP) is 0.501. The summed E-state index contributed by atoms with van der Waals surface area (Å²) in [4.78, 5) is 39.9. The molecule has 2 fully saturated rings. The molecule has 1 spiro atoms. The molecule has 0 saturated carbocycles. The van der Waals surface area contributed by atoms with E-state index in [4.69, 9.17) is 4.74 Å². The van der Waals surface area contributed by atoms with Gasteiger partial charge in [-0.15, -0.1) is 0 Å². The number of urea groups is 1. The molecule has 2 saturated heterocycles. The number of piperidine rings is 1. The molecule has 0 atom stereocenters. The van der Waals surface area contributed by atoms with Gasteiger partial charge in [-0.2, -0.15) is 0 Å². The Kier molecular flexibility index (Phi) is 3.38. The third kappa shape index (κ3) is 1.93. The van der Waals surface area contributed by atoms with E-state index in [-0.39, 0.29) is 18.0 Å². The van der Waals surface area contributed by atoms with Crippen LogP contribution in [0.25, 0.3) is 0 Å². The van der Waals surface area contributed by atoms with Crippen molar-refractivity contribution in [2.45, 2.75) is 25.3 Å². The largest absolute Gasteiger partial charge is 0.450 e. The maximum atomic E-state index is 12.2. The van der Waals surface area contributed by atoms with Crippen molar-refractivity contribution < 1.29 is 19.1 Å². The average Bonchev–Trinajstić information content (AvgIpc) is 2.57. The summed E-state index contributed by atoms with van der Waals surface area (Å²) in [5, 5.41) is 0. The average molecular weight is 269 g/mol. The van der Waals surface area contributed by atoms with E-state index in [1.165, 1.54) is 11.9 Å². The Bertz CT molecular complexity index is 415. The number of nitrogens with zero attached hydrogens (tertiary/aromatic N) is 3. The van der Waals surface area contributed by atoms with Crippen LogP contribution in [0.2, 0.25) is 0 Å². The normalized spacial score (nSPS) is 22.4. The molecule has 0 radical (unpaired) electrons. The fraction of sp³-hybridized carbons (Fsp3) is 0.750. The lowest BCUT2D eigenvalue weighted by Crippen LogP contribution is -2.56. The topological polar surface area (TPSA) is 70.2 Å². The Balaban J connectivity index is 2.09. The first kappa shape index (κ1) is 13.6. The van der Waals surface area contributed by atoms with Gasteiger partial charge in [0.05, 0.1) is 6.61 Å². The van der Waals surface area contributed by atoms with E-state index in [0.29, 0.717) is 32.5 Å². The molecule has 0 bridgehead atoms. The van der Waals surface area contributed by atoms with Gasteiger partial charge in [-0.1, -0.05) is 0 Å². The lowest BCUT2D eigenvalue weighted by atomic mass is 9.86. The number of likely N-dealkylation sites (tertiary alicyclic amines) is 1. The van der Waals surface area contributed by atoms with E-state index < -0.39 is 5.54 Å². The van der Waals surface area contributed by atoms with Gasteiger partial charge in [0.1, 0.15) is 5.54 Å². The predicted molar refractivity (Wildman–Crippen MR) is 66.5 cm³/mol. The molecule has 106 valence electrons. The highest BCUT2D eigenvalue weighted by Crippen LogP contribution is 2.35. The Hall–Kier alpha value is -1.79.